The van der Waals surface area contributed by atoms with Crippen molar-refractivity contribution in [2.24, 2.45) is 28.1 Å². The molecule has 0 radical (unpaired) electrons. The summed E-state index contributed by atoms with van der Waals surface area (Å²) in [6.07, 6.45) is 4.39. The average molecular weight is 597 g/mol. The number of hydrogen-bond donors (Lipinski definition) is 0. The molecule has 2 saturated heterocycles. The van der Waals surface area contributed by atoms with Crippen molar-refractivity contribution >= 4 is 17.9 Å². The van der Waals surface area contributed by atoms with Crippen molar-refractivity contribution in [2.45, 2.75) is 104 Å². The minimum absolute atomic E-state index is 0.122. The van der Waals surface area contributed by atoms with Gasteiger partial charge < -0.3 is 28.1 Å². The predicted octanol–water partition coefficient (Wildman–Crippen LogP) is 5.29. The first kappa shape index (κ1) is 30.1. The van der Waals surface area contributed by atoms with Gasteiger partial charge in [0.25, 0.3) is 0 Å². The van der Waals surface area contributed by atoms with Gasteiger partial charge in [0.15, 0.2) is 0 Å². The molecular formula is C34H44O9. The van der Waals surface area contributed by atoms with E-state index in [9.17, 15) is 14.4 Å². The van der Waals surface area contributed by atoms with Crippen molar-refractivity contribution in [2.75, 3.05) is 13.7 Å². The smallest absolute Gasteiger partial charge is 0.333 e. The molecule has 9 heteroatoms. The summed E-state index contributed by atoms with van der Waals surface area (Å²) in [6.45, 7) is 13.9. The molecule has 11 atom stereocenters. The van der Waals surface area contributed by atoms with Gasteiger partial charge in [0.1, 0.15) is 12.2 Å². The lowest BCUT2D eigenvalue weighted by Gasteiger charge is -2.65. The zero-order valence-electron chi connectivity index (χ0n) is 26.4. The Morgan fingerprint density at radius 1 is 1.09 bits per heavy atom. The van der Waals surface area contributed by atoms with Crippen molar-refractivity contribution in [3.05, 3.63) is 47.0 Å². The number of hydrogen-bond acceptors (Lipinski definition) is 9. The van der Waals surface area contributed by atoms with E-state index in [1.54, 1.807) is 32.4 Å². The van der Waals surface area contributed by atoms with Crippen LogP contribution >= 0.6 is 0 Å². The molecule has 43 heavy (non-hydrogen) atoms. The summed E-state index contributed by atoms with van der Waals surface area (Å²) in [4.78, 5) is 39.0. The van der Waals surface area contributed by atoms with Crippen molar-refractivity contribution in [3.8, 4) is 0 Å². The van der Waals surface area contributed by atoms with Crippen molar-refractivity contribution in [1.82, 2.24) is 0 Å². The molecule has 1 unspecified atom stereocenters. The zero-order valence-corrected chi connectivity index (χ0v) is 26.4. The van der Waals surface area contributed by atoms with Crippen LogP contribution in [0.4, 0.5) is 0 Å². The Hall–Kier alpha value is -2.91. The van der Waals surface area contributed by atoms with Crippen LogP contribution in [-0.2, 0) is 38.1 Å². The second kappa shape index (κ2) is 10.3. The van der Waals surface area contributed by atoms with Gasteiger partial charge in [0.05, 0.1) is 44.6 Å². The highest BCUT2D eigenvalue weighted by Gasteiger charge is 2.78. The first-order valence-corrected chi connectivity index (χ1v) is 15.4. The average Bonchev–Trinajstić information content (AvgIpc) is 3.73. The van der Waals surface area contributed by atoms with Crippen molar-refractivity contribution < 1.29 is 42.5 Å². The predicted molar refractivity (Wildman–Crippen MR) is 155 cm³/mol. The number of methoxy groups -OCH3 is 1. The third kappa shape index (κ3) is 4.13. The van der Waals surface area contributed by atoms with E-state index in [4.69, 9.17) is 28.1 Å². The second-order valence-corrected chi connectivity index (χ2v) is 13.9. The quantitative estimate of drug-likeness (QED) is 0.187. The fraction of sp³-hybridized carbons (Fsp3) is 0.676. The maximum absolute atomic E-state index is 13.4. The molecule has 3 aliphatic carbocycles. The summed E-state index contributed by atoms with van der Waals surface area (Å²) in [5.74, 6) is -1.54. The molecule has 1 aromatic rings. The second-order valence-electron chi connectivity index (χ2n) is 13.9. The highest BCUT2D eigenvalue weighted by molar-refractivity contribution is 5.87. The van der Waals surface area contributed by atoms with E-state index in [2.05, 4.69) is 27.7 Å². The third-order valence-electron chi connectivity index (χ3n) is 12.0. The van der Waals surface area contributed by atoms with Crippen molar-refractivity contribution in [1.29, 1.82) is 0 Å². The van der Waals surface area contributed by atoms with Gasteiger partial charge in [-0.25, -0.2) is 4.79 Å². The van der Waals surface area contributed by atoms with Crippen LogP contribution in [0.25, 0.3) is 0 Å². The number of allylic oxidation sites excluding steroid dienone is 2. The Labute approximate surface area is 253 Å². The summed E-state index contributed by atoms with van der Waals surface area (Å²) >= 11 is 0. The first-order valence-electron chi connectivity index (χ1n) is 15.4. The van der Waals surface area contributed by atoms with Crippen LogP contribution in [0.2, 0.25) is 0 Å². The Bertz CT molecular complexity index is 1380. The molecule has 234 valence electrons. The number of rotatable bonds is 6. The number of furan rings is 1. The minimum atomic E-state index is -0.741. The number of ether oxygens (including phenoxy) is 5. The summed E-state index contributed by atoms with van der Waals surface area (Å²) < 4.78 is 36.8. The van der Waals surface area contributed by atoms with Crippen LogP contribution in [-0.4, -0.2) is 62.1 Å². The van der Waals surface area contributed by atoms with Gasteiger partial charge in [0.2, 0.25) is 0 Å². The van der Waals surface area contributed by atoms with E-state index in [0.29, 0.717) is 18.6 Å². The number of carbonyl (C=O) groups is 3. The van der Waals surface area contributed by atoms with E-state index in [0.717, 1.165) is 12.0 Å². The van der Waals surface area contributed by atoms with E-state index in [1.165, 1.54) is 25.2 Å². The van der Waals surface area contributed by atoms with E-state index in [-0.39, 0.29) is 48.5 Å². The molecule has 2 aliphatic heterocycles. The molecule has 0 spiro atoms. The highest BCUT2D eigenvalue weighted by Crippen LogP contribution is 2.74. The van der Waals surface area contributed by atoms with Crippen LogP contribution in [0.15, 0.2) is 45.8 Å². The maximum atomic E-state index is 13.4. The summed E-state index contributed by atoms with van der Waals surface area (Å²) in [7, 11) is 1.41. The standard InChI is InChI=1S/C34H44O9/c1-9-17(2)31(37)43-25-14-24(41-19(4)35)32(5)16-40-28-29(32)33(25,6)23(13-26(36)38-8)34(7)27-18(3)21(20-10-11-39-15-20)12-22(27)42-30(28)34/h9-11,15,21-25,28-30H,12-14,16H2,1-8H3/t21-,22-,23?,24-,25+,28-,29+,30-,32-,33+,34-/m1/s1. The first-order chi connectivity index (χ1) is 20.3. The molecule has 2 saturated carbocycles. The molecule has 0 bridgehead atoms. The SMILES string of the molecule is CC=C(C)C(=O)O[C@H]1C[C@@H](OC(C)=O)[C@@]2(C)CO[C@H]3[C@H]4O[C@@H]5C[C@@H](c6ccoc6)C(C)=C5[C@@]4(C)C(CC(=O)OC)[C@]1(C)[C@@H]32. The summed E-state index contributed by atoms with van der Waals surface area (Å²) in [5, 5.41) is 0. The van der Waals surface area contributed by atoms with Crippen LogP contribution in [0.5, 0.6) is 0 Å². The van der Waals surface area contributed by atoms with Crippen LogP contribution in [0.1, 0.15) is 79.2 Å². The Kier molecular flexibility index (Phi) is 7.24. The minimum Gasteiger partial charge on any atom is -0.472 e. The molecule has 0 aromatic carbocycles. The molecule has 5 aliphatic rings. The van der Waals surface area contributed by atoms with Gasteiger partial charge in [-0.15, -0.1) is 0 Å². The normalized spacial score (nSPS) is 43.1. The number of carbonyl (C=O) groups excluding carboxylic acids is 3. The van der Waals surface area contributed by atoms with Crippen LogP contribution in [0, 0.1) is 28.1 Å². The van der Waals surface area contributed by atoms with E-state index in [1.807, 2.05) is 6.07 Å². The Morgan fingerprint density at radius 2 is 1.84 bits per heavy atom. The van der Waals surface area contributed by atoms with Gasteiger partial charge in [-0.3, -0.25) is 9.59 Å². The molecule has 9 nitrogen and oxygen atoms in total. The largest absolute Gasteiger partial charge is 0.472 e. The molecule has 6 rings (SSSR count). The topological polar surface area (TPSA) is 111 Å². The fourth-order valence-corrected chi connectivity index (χ4v) is 10.0. The number of fused-ring (bicyclic) bond motifs is 4. The molecule has 3 heterocycles. The lowest BCUT2D eigenvalue weighted by molar-refractivity contribution is -0.251. The van der Waals surface area contributed by atoms with E-state index < -0.39 is 40.4 Å². The molecular weight excluding hydrogens is 552 g/mol. The van der Waals surface area contributed by atoms with Crippen LogP contribution in [0.3, 0.4) is 0 Å². The summed E-state index contributed by atoms with van der Waals surface area (Å²) in [6, 6.07) is 2.00. The highest BCUT2D eigenvalue weighted by atomic mass is 16.6. The van der Waals surface area contributed by atoms with Gasteiger partial charge in [-0.1, -0.05) is 32.4 Å². The summed E-state index contributed by atoms with van der Waals surface area (Å²) in [5.41, 5.74) is 2.08. The zero-order chi connectivity index (χ0) is 31.1. The lowest BCUT2D eigenvalue weighted by Crippen LogP contribution is -2.71. The Balaban J connectivity index is 1.55. The lowest BCUT2D eigenvalue weighted by atomic mass is 9.40. The van der Waals surface area contributed by atoms with Gasteiger partial charge in [-0.05, 0) is 50.3 Å². The van der Waals surface area contributed by atoms with Gasteiger partial charge >= 0.3 is 17.9 Å². The fourth-order valence-electron chi connectivity index (χ4n) is 10.0. The number of esters is 3. The van der Waals surface area contributed by atoms with Gasteiger partial charge in [0, 0.05) is 53.4 Å². The molecule has 0 amide bonds. The molecule has 4 fully saturated rings. The third-order valence-corrected chi connectivity index (χ3v) is 12.0. The maximum Gasteiger partial charge on any atom is 0.333 e. The Morgan fingerprint density at radius 3 is 2.47 bits per heavy atom. The monoisotopic (exact) mass is 596 g/mol. The van der Waals surface area contributed by atoms with E-state index >= 15 is 0 Å². The van der Waals surface area contributed by atoms with Crippen LogP contribution < -0.4 is 0 Å². The molecule has 1 aromatic heterocycles. The van der Waals surface area contributed by atoms with Gasteiger partial charge in [-0.2, -0.15) is 0 Å². The van der Waals surface area contributed by atoms with Crippen molar-refractivity contribution in [3.63, 3.8) is 0 Å². The molecule has 0 N–H and O–H groups in total.